The zero-order chi connectivity index (χ0) is 68.4. The lowest BCUT2D eigenvalue weighted by atomic mass is 10.0. The second kappa shape index (κ2) is 67.3. The molecule has 0 bridgehead atoms. The average molecular weight is 1370 g/mol. The van der Waals surface area contributed by atoms with E-state index >= 15 is 0 Å². The fourth-order valence-corrected chi connectivity index (χ4v) is 12.9. The van der Waals surface area contributed by atoms with Gasteiger partial charge in [0.05, 0.1) is 26.4 Å². The average Bonchev–Trinajstić information content (AvgIpc) is 3.74. The van der Waals surface area contributed by atoms with Gasteiger partial charge in [0.1, 0.15) is 19.3 Å². The van der Waals surface area contributed by atoms with Gasteiger partial charge in [-0.25, -0.2) is 9.13 Å². The zero-order valence-electron chi connectivity index (χ0n) is 60.4. The van der Waals surface area contributed by atoms with Crippen molar-refractivity contribution in [1.29, 1.82) is 0 Å². The maximum atomic E-state index is 13.1. The predicted octanol–water partition coefficient (Wildman–Crippen LogP) is 21.7. The molecule has 0 saturated carbocycles. The standard InChI is InChI=1S/C74H144O17P2/c1-6-9-12-15-18-21-23-24-25-26-27-28-29-30-31-32-33-35-39-45-50-55-60-74(79)91-70(64-85-72(77)58-53-48-43-40-36-37-41-46-51-56-67(4)5)66-89-93(82,83)87-62-68(75)61-86-92(80,81)88-65-69(63-84-71(76)57-52-47-42-20-17-14-11-8-3)90-73(78)59-54-49-44-38-34-22-19-16-13-10-7-2/h67-70,75H,6-66H2,1-5H3,(H,80,81)(H,82,83)/t68-,69+,70+/m0/s1. The van der Waals surface area contributed by atoms with E-state index in [1.807, 2.05) is 0 Å². The zero-order valence-corrected chi connectivity index (χ0v) is 62.2. The van der Waals surface area contributed by atoms with Gasteiger partial charge >= 0.3 is 39.5 Å². The predicted molar refractivity (Wildman–Crippen MR) is 377 cm³/mol. The fourth-order valence-electron chi connectivity index (χ4n) is 11.4. The Morgan fingerprint density at radius 2 is 0.495 bits per heavy atom. The molecule has 0 radical (unpaired) electrons. The van der Waals surface area contributed by atoms with E-state index in [2.05, 4.69) is 34.6 Å². The number of unbranched alkanes of at least 4 members (excludes halogenated alkanes) is 46. The number of carbonyl (C=O) groups excluding carboxylic acids is 4. The number of ether oxygens (including phenoxy) is 4. The van der Waals surface area contributed by atoms with Crippen molar-refractivity contribution < 1.29 is 80.2 Å². The molecule has 93 heavy (non-hydrogen) atoms. The lowest BCUT2D eigenvalue weighted by Crippen LogP contribution is -2.30. The Bertz CT molecular complexity index is 1790. The van der Waals surface area contributed by atoms with E-state index in [1.165, 1.54) is 205 Å². The van der Waals surface area contributed by atoms with Crippen molar-refractivity contribution in [3.8, 4) is 0 Å². The summed E-state index contributed by atoms with van der Waals surface area (Å²) in [6, 6.07) is 0. The van der Waals surface area contributed by atoms with E-state index in [0.717, 1.165) is 102 Å². The smallest absolute Gasteiger partial charge is 0.462 e. The summed E-state index contributed by atoms with van der Waals surface area (Å²) in [4.78, 5) is 72.5. The van der Waals surface area contributed by atoms with E-state index in [1.54, 1.807) is 0 Å². The molecule has 0 amide bonds. The van der Waals surface area contributed by atoms with Crippen LogP contribution in [0.3, 0.4) is 0 Å². The largest absolute Gasteiger partial charge is 0.472 e. The summed E-state index contributed by atoms with van der Waals surface area (Å²) in [5.41, 5.74) is 0. The number of aliphatic hydroxyl groups excluding tert-OH is 1. The Morgan fingerprint density at radius 1 is 0.290 bits per heavy atom. The Balaban J connectivity index is 5.14. The van der Waals surface area contributed by atoms with E-state index in [0.29, 0.717) is 25.7 Å². The number of phosphoric ester groups is 2. The van der Waals surface area contributed by atoms with Crippen molar-refractivity contribution in [2.75, 3.05) is 39.6 Å². The quantitative estimate of drug-likeness (QED) is 0.0222. The maximum absolute atomic E-state index is 13.1. The van der Waals surface area contributed by atoms with Crippen LogP contribution < -0.4 is 0 Å². The molecule has 0 rings (SSSR count). The highest BCUT2D eigenvalue weighted by Crippen LogP contribution is 2.45. The summed E-state index contributed by atoms with van der Waals surface area (Å²) in [5, 5.41) is 10.6. The number of rotatable bonds is 74. The first-order valence-electron chi connectivity index (χ1n) is 38.6. The number of esters is 4. The van der Waals surface area contributed by atoms with E-state index in [4.69, 9.17) is 37.0 Å². The Kier molecular flexibility index (Phi) is 65.9. The molecule has 0 aromatic heterocycles. The van der Waals surface area contributed by atoms with Crippen LogP contribution in [-0.4, -0.2) is 96.7 Å². The Hall–Kier alpha value is -1.94. The van der Waals surface area contributed by atoms with Gasteiger partial charge in [0.15, 0.2) is 12.2 Å². The van der Waals surface area contributed by atoms with Crippen molar-refractivity contribution in [3.63, 3.8) is 0 Å². The Morgan fingerprint density at radius 3 is 0.731 bits per heavy atom. The molecule has 0 saturated heterocycles. The molecule has 5 atom stereocenters. The van der Waals surface area contributed by atoms with Gasteiger partial charge in [0, 0.05) is 25.7 Å². The van der Waals surface area contributed by atoms with Gasteiger partial charge < -0.3 is 33.8 Å². The van der Waals surface area contributed by atoms with Crippen LogP contribution in [0.15, 0.2) is 0 Å². The van der Waals surface area contributed by atoms with Crippen LogP contribution in [-0.2, 0) is 65.4 Å². The molecule has 2 unspecified atom stereocenters. The summed E-state index contributed by atoms with van der Waals surface area (Å²) in [6.45, 7) is 7.22. The van der Waals surface area contributed by atoms with Gasteiger partial charge in [-0.05, 0) is 31.6 Å². The minimum absolute atomic E-state index is 0.107. The fraction of sp³-hybridized carbons (Fsp3) is 0.946. The molecule has 552 valence electrons. The van der Waals surface area contributed by atoms with Gasteiger partial charge in [-0.1, -0.05) is 336 Å². The molecule has 19 heteroatoms. The molecule has 0 fully saturated rings. The van der Waals surface area contributed by atoms with Crippen LogP contribution in [0.2, 0.25) is 0 Å². The van der Waals surface area contributed by atoms with Crippen LogP contribution in [0.25, 0.3) is 0 Å². The van der Waals surface area contributed by atoms with Gasteiger partial charge in [0.2, 0.25) is 0 Å². The van der Waals surface area contributed by atoms with Gasteiger partial charge in [0.25, 0.3) is 0 Å². The highest BCUT2D eigenvalue weighted by Gasteiger charge is 2.30. The number of phosphoric acid groups is 2. The summed E-state index contributed by atoms with van der Waals surface area (Å²) >= 11 is 0. The topological polar surface area (TPSA) is 237 Å². The summed E-state index contributed by atoms with van der Waals surface area (Å²) in [7, 11) is -9.90. The first-order chi connectivity index (χ1) is 45.0. The van der Waals surface area contributed by atoms with Crippen LogP contribution >= 0.6 is 15.6 Å². The van der Waals surface area contributed by atoms with Gasteiger partial charge in [-0.2, -0.15) is 0 Å². The third-order valence-corrected chi connectivity index (χ3v) is 19.2. The van der Waals surface area contributed by atoms with Crippen LogP contribution in [0, 0.1) is 5.92 Å². The number of hydrogen-bond acceptors (Lipinski definition) is 15. The molecule has 0 heterocycles. The lowest BCUT2D eigenvalue weighted by Gasteiger charge is -2.21. The molecular formula is C74H144O17P2. The lowest BCUT2D eigenvalue weighted by molar-refractivity contribution is -0.161. The molecule has 3 N–H and O–H groups in total. The minimum Gasteiger partial charge on any atom is -0.462 e. The normalized spacial score (nSPS) is 14.0. The highest BCUT2D eigenvalue weighted by molar-refractivity contribution is 7.47. The number of hydrogen-bond donors (Lipinski definition) is 3. The van der Waals surface area contributed by atoms with Crippen molar-refractivity contribution in [1.82, 2.24) is 0 Å². The molecule has 0 aliphatic carbocycles. The monoisotopic (exact) mass is 1370 g/mol. The van der Waals surface area contributed by atoms with Crippen LogP contribution in [0.4, 0.5) is 0 Å². The van der Waals surface area contributed by atoms with Crippen LogP contribution in [0.5, 0.6) is 0 Å². The second-order valence-electron chi connectivity index (χ2n) is 27.2. The highest BCUT2D eigenvalue weighted by atomic mass is 31.2. The maximum Gasteiger partial charge on any atom is 0.472 e. The van der Waals surface area contributed by atoms with Crippen molar-refractivity contribution >= 4 is 39.5 Å². The molecule has 0 spiro atoms. The molecule has 0 aliphatic heterocycles. The summed E-state index contributed by atoms with van der Waals surface area (Å²) in [6.07, 6.45) is 55.7. The van der Waals surface area contributed by atoms with Crippen molar-refractivity contribution in [3.05, 3.63) is 0 Å². The summed E-state index contributed by atoms with van der Waals surface area (Å²) in [5.74, 6) is -1.38. The molecule has 0 aliphatic rings. The molecule has 0 aromatic carbocycles. The third kappa shape index (κ3) is 68.4. The number of aliphatic hydroxyl groups is 1. The second-order valence-corrected chi connectivity index (χ2v) is 30.1. The van der Waals surface area contributed by atoms with E-state index in [9.17, 15) is 43.2 Å². The third-order valence-electron chi connectivity index (χ3n) is 17.3. The molecule has 17 nitrogen and oxygen atoms in total. The van der Waals surface area contributed by atoms with Crippen molar-refractivity contribution in [2.45, 2.75) is 406 Å². The van der Waals surface area contributed by atoms with E-state index in [-0.39, 0.29) is 25.7 Å². The molecule has 0 aromatic rings. The summed E-state index contributed by atoms with van der Waals surface area (Å²) < 4.78 is 68.3. The number of carbonyl (C=O) groups is 4. The Labute approximate surface area is 568 Å². The SMILES string of the molecule is CCCCCCCCCCCCCCCCCCCCCCCCC(=O)O[C@H](COC(=O)CCCCCCCCCCCC(C)C)COP(=O)(O)OC[C@@H](O)COP(=O)(O)OC[C@@H](COC(=O)CCCCCCCCCC)OC(=O)CCCCCCCCCCCCC. The van der Waals surface area contributed by atoms with Gasteiger partial charge in [-0.3, -0.25) is 37.3 Å². The molecular weight excluding hydrogens is 1220 g/mol. The first-order valence-corrected chi connectivity index (χ1v) is 41.6. The van der Waals surface area contributed by atoms with Crippen LogP contribution in [0.1, 0.15) is 388 Å². The van der Waals surface area contributed by atoms with Crippen molar-refractivity contribution in [2.24, 2.45) is 5.92 Å². The first kappa shape index (κ1) is 91.1. The minimum atomic E-state index is -4.95. The van der Waals surface area contributed by atoms with Gasteiger partial charge in [-0.15, -0.1) is 0 Å². The van der Waals surface area contributed by atoms with E-state index < -0.39 is 97.5 Å².